The van der Waals surface area contributed by atoms with Gasteiger partial charge in [0.2, 0.25) is 17.7 Å². The number of likely N-dealkylation sites (tertiary alicyclic amines) is 1. The number of nitrogens with one attached hydrogen (secondary N) is 2. The topological polar surface area (TPSA) is 144 Å². The van der Waals surface area contributed by atoms with Gasteiger partial charge in [-0.25, -0.2) is 9.78 Å². The van der Waals surface area contributed by atoms with Gasteiger partial charge in [0.25, 0.3) is 0 Å². The van der Waals surface area contributed by atoms with Gasteiger partial charge < -0.3 is 30.3 Å². The van der Waals surface area contributed by atoms with Gasteiger partial charge in [0.15, 0.2) is 0 Å². The van der Waals surface area contributed by atoms with E-state index in [0.717, 1.165) is 79.9 Å². The fourth-order valence-electron chi connectivity index (χ4n) is 6.82. The number of aliphatic hydroxyl groups excluding tert-OH is 1. The van der Waals surface area contributed by atoms with Gasteiger partial charge in [-0.05, 0) is 63.6 Å². The van der Waals surface area contributed by atoms with Gasteiger partial charge in [0.1, 0.15) is 17.7 Å². The number of hydrogen-bond donors (Lipinski definition) is 3. The highest BCUT2D eigenvalue weighted by atomic mass is 32.1. The Hall–Kier alpha value is -3.55. The molecular weight excluding hydrogens is 693 g/mol. The van der Waals surface area contributed by atoms with E-state index < -0.39 is 29.2 Å². The largest absolute Gasteiger partial charge is 0.444 e. The minimum atomic E-state index is -0.829. The molecule has 294 valence electrons. The van der Waals surface area contributed by atoms with Crippen molar-refractivity contribution in [2.45, 2.75) is 130 Å². The van der Waals surface area contributed by atoms with Crippen molar-refractivity contribution in [3.63, 3.8) is 0 Å². The lowest BCUT2D eigenvalue weighted by Crippen LogP contribution is -2.57. The minimum absolute atomic E-state index is 0.0462. The molecule has 53 heavy (non-hydrogen) atoms. The molecule has 1 aromatic carbocycles. The number of carbonyl (C=O) groups is 4. The number of β-amino-alcohol motifs (C(OH)–C–C–N with tert-alkyl or cyclic N) is 1. The van der Waals surface area contributed by atoms with E-state index in [1.54, 1.807) is 16.2 Å². The minimum Gasteiger partial charge on any atom is -0.444 e. The number of piperazine rings is 1. The molecule has 0 bridgehead atoms. The third-order valence-electron chi connectivity index (χ3n) is 9.86. The van der Waals surface area contributed by atoms with Crippen molar-refractivity contribution >= 4 is 35.2 Å². The number of unbranched alkanes of at least 4 members (excludes halogenated alkanes) is 5. The van der Waals surface area contributed by atoms with Gasteiger partial charge in [-0.2, -0.15) is 0 Å². The molecule has 4 rings (SSSR count). The van der Waals surface area contributed by atoms with Gasteiger partial charge >= 0.3 is 6.09 Å². The summed E-state index contributed by atoms with van der Waals surface area (Å²) in [4.78, 5) is 63.7. The van der Waals surface area contributed by atoms with Crippen LogP contribution in [0.4, 0.5) is 4.79 Å². The third-order valence-corrected chi connectivity index (χ3v) is 10.8. The summed E-state index contributed by atoms with van der Waals surface area (Å²) in [5, 5.41) is 16.4. The average Bonchev–Trinajstić information content (AvgIpc) is 3.71. The molecule has 2 aromatic rings. The van der Waals surface area contributed by atoms with E-state index in [1.165, 1.54) is 4.90 Å². The highest BCUT2D eigenvalue weighted by molar-refractivity contribution is 7.13. The second-order valence-corrected chi connectivity index (χ2v) is 17.5. The normalized spacial score (nSPS) is 18.9. The Morgan fingerprint density at radius 3 is 2.19 bits per heavy atom. The summed E-state index contributed by atoms with van der Waals surface area (Å²) in [6.07, 6.45) is 5.47. The van der Waals surface area contributed by atoms with Crippen LogP contribution in [0.1, 0.15) is 104 Å². The average molecular weight is 755 g/mol. The monoisotopic (exact) mass is 754 g/mol. The summed E-state index contributed by atoms with van der Waals surface area (Å²) in [6, 6.07) is 6.30. The standard InChI is InChI=1S/C40H62N6O6S/c1-28-34(53-27-42-28)30-17-15-29(16-18-30)25-41-36(49)32-24-31(47)26-46(32)37(50)35(39(2,3)4)43-33(48)14-12-10-8-9-11-13-19-44-20-22-45(23-21-44)38(51)52-40(5,6)7/h15-18,27,31-32,35,47H,8-14,19-26H2,1-7H3,(H,41,49)(H,43,48)/t31-,32+,35?/m1/s1. The number of aromatic nitrogens is 1. The molecule has 0 aliphatic carbocycles. The lowest BCUT2D eigenvalue weighted by Gasteiger charge is -2.35. The van der Waals surface area contributed by atoms with Crippen LogP contribution in [-0.2, 0) is 25.7 Å². The summed E-state index contributed by atoms with van der Waals surface area (Å²) >= 11 is 1.59. The van der Waals surface area contributed by atoms with Crippen LogP contribution in [0.2, 0.25) is 0 Å². The Kier molecular flexibility index (Phi) is 15.3. The molecular formula is C40H62N6O6S. The Labute approximate surface area is 320 Å². The molecule has 12 nitrogen and oxygen atoms in total. The molecule has 2 fully saturated rings. The molecule has 13 heteroatoms. The van der Waals surface area contributed by atoms with Crippen molar-refractivity contribution in [3.05, 3.63) is 41.0 Å². The number of thiazole rings is 1. The zero-order chi connectivity index (χ0) is 38.8. The second-order valence-electron chi connectivity index (χ2n) is 16.6. The predicted molar refractivity (Wildman–Crippen MR) is 208 cm³/mol. The summed E-state index contributed by atoms with van der Waals surface area (Å²) in [5.74, 6) is -0.850. The number of rotatable bonds is 15. The number of amides is 4. The van der Waals surface area contributed by atoms with Crippen LogP contribution in [0.15, 0.2) is 29.8 Å². The van der Waals surface area contributed by atoms with E-state index in [1.807, 2.05) is 78.2 Å². The Morgan fingerprint density at radius 2 is 1.58 bits per heavy atom. The van der Waals surface area contributed by atoms with Gasteiger partial charge in [0.05, 0.1) is 22.2 Å². The molecule has 0 spiro atoms. The number of aliphatic hydroxyl groups is 1. The Balaban J connectivity index is 1.15. The van der Waals surface area contributed by atoms with Crippen molar-refractivity contribution in [2.75, 3.05) is 39.3 Å². The predicted octanol–water partition coefficient (Wildman–Crippen LogP) is 5.51. The van der Waals surface area contributed by atoms with Gasteiger partial charge in [-0.15, -0.1) is 11.3 Å². The Bertz CT molecular complexity index is 1510. The number of carbonyl (C=O) groups excluding carboxylic acids is 4. The van der Waals surface area contributed by atoms with E-state index >= 15 is 0 Å². The van der Waals surface area contributed by atoms with Crippen LogP contribution in [0.25, 0.3) is 10.4 Å². The SMILES string of the molecule is Cc1ncsc1-c1ccc(CNC(=O)[C@@H]2C[C@@H](O)CN2C(=O)C(NC(=O)CCCCCCCCN2CCN(C(=O)OC(C)(C)C)CC2)C(C)(C)C)cc1. The van der Waals surface area contributed by atoms with Crippen LogP contribution in [0, 0.1) is 12.3 Å². The van der Waals surface area contributed by atoms with Crippen LogP contribution in [-0.4, -0.2) is 112 Å². The number of aryl methyl sites for hydroxylation is 1. The second kappa shape index (κ2) is 19.2. The van der Waals surface area contributed by atoms with E-state index in [0.29, 0.717) is 26.1 Å². The lowest BCUT2D eigenvalue weighted by molar-refractivity contribution is -0.144. The van der Waals surface area contributed by atoms with Crippen molar-refractivity contribution < 1.29 is 29.0 Å². The maximum Gasteiger partial charge on any atom is 0.410 e. The van der Waals surface area contributed by atoms with Crippen LogP contribution < -0.4 is 10.6 Å². The highest BCUT2D eigenvalue weighted by Crippen LogP contribution is 2.28. The lowest BCUT2D eigenvalue weighted by atomic mass is 9.85. The molecule has 2 saturated heterocycles. The van der Waals surface area contributed by atoms with Gasteiger partial charge in [-0.1, -0.05) is 70.7 Å². The fourth-order valence-corrected chi connectivity index (χ4v) is 7.63. The first-order chi connectivity index (χ1) is 25.0. The van der Waals surface area contributed by atoms with Crippen molar-refractivity contribution in [3.8, 4) is 10.4 Å². The first kappa shape index (κ1) is 42.2. The van der Waals surface area contributed by atoms with Crippen molar-refractivity contribution in [2.24, 2.45) is 5.41 Å². The number of nitrogens with zero attached hydrogens (tertiary/aromatic N) is 4. The molecule has 3 atom stereocenters. The fraction of sp³-hybridized carbons (Fsp3) is 0.675. The highest BCUT2D eigenvalue weighted by Gasteiger charge is 2.44. The molecule has 0 saturated carbocycles. The molecule has 2 aliphatic heterocycles. The Morgan fingerprint density at radius 1 is 0.943 bits per heavy atom. The van der Waals surface area contributed by atoms with E-state index in [2.05, 4.69) is 20.5 Å². The van der Waals surface area contributed by atoms with Crippen LogP contribution in [0.5, 0.6) is 0 Å². The molecule has 1 aromatic heterocycles. The number of hydrogen-bond acceptors (Lipinski definition) is 9. The summed E-state index contributed by atoms with van der Waals surface area (Å²) in [6.45, 7) is 17.8. The molecule has 3 N–H and O–H groups in total. The summed E-state index contributed by atoms with van der Waals surface area (Å²) in [7, 11) is 0. The zero-order valence-corrected chi connectivity index (χ0v) is 33.7. The van der Waals surface area contributed by atoms with E-state index in [9.17, 15) is 24.3 Å². The number of ether oxygens (including phenoxy) is 1. The smallest absolute Gasteiger partial charge is 0.410 e. The number of benzene rings is 1. The maximum atomic E-state index is 13.9. The van der Waals surface area contributed by atoms with Gasteiger partial charge in [0, 0.05) is 52.1 Å². The van der Waals surface area contributed by atoms with Crippen molar-refractivity contribution in [1.82, 2.24) is 30.3 Å². The molecule has 1 unspecified atom stereocenters. The molecule has 0 radical (unpaired) electrons. The first-order valence-electron chi connectivity index (χ1n) is 19.3. The molecule has 3 heterocycles. The van der Waals surface area contributed by atoms with Crippen LogP contribution in [0.3, 0.4) is 0 Å². The summed E-state index contributed by atoms with van der Waals surface area (Å²) < 4.78 is 5.49. The first-order valence-corrected chi connectivity index (χ1v) is 20.1. The zero-order valence-electron chi connectivity index (χ0n) is 32.9. The van der Waals surface area contributed by atoms with Crippen molar-refractivity contribution in [1.29, 1.82) is 0 Å². The van der Waals surface area contributed by atoms with Crippen LogP contribution >= 0.6 is 11.3 Å². The van der Waals surface area contributed by atoms with E-state index in [-0.39, 0.29) is 36.8 Å². The molecule has 4 amide bonds. The third kappa shape index (κ3) is 13.1. The maximum absolute atomic E-state index is 13.9. The quantitative estimate of drug-likeness (QED) is 0.202. The summed E-state index contributed by atoms with van der Waals surface area (Å²) in [5.41, 5.74) is 3.73. The van der Waals surface area contributed by atoms with Gasteiger partial charge in [-0.3, -0.25) is 19.3 Å². The molecule has 2 aliphatic rings. The van der Waals surface area contributed by atoms with E-state index in [4.69, 9.17) is 4.74 Å².